The van der Waals surface area contributed by atoms with Crippen LogP contribution < -0.4 is 0 Å². The highest BCUT2D eigenvalue weighted by atomic mass is 19.3. The van der Waals surface area contributed by atoms with Crippen LogP contribution in [0.4, 0.5) is 8.78 Å². The molecule has 0 aliphatic rings. The zero-order chi connectivity index (χ0) is 22.8. The van der Waals surface area contributed by atoms with Gasteiger partial charge in [-0.05, 0) is 26.0 Å². The van der Waals surface area contributed by atoms with Gasteiger partial charge in [0.15, 0.2) is 5.65 Å². The van der Waals surface area contributed by atoms with Crippen molar-refractivity contribution in [3.8, 4) is 11.3 Å². The van der Waals surface area contributed by atoms with Crippen LogP contribution in [0.2, 0.25) is 0 Å². The lowest BCUT2D eigenvalue weighted by Crippen LogP contribution is -2.31. The molecule has 4 rings (SSSR count). The van der Waals surface area contributed by atoms with Gasteiger partial charge in [0.05, 0.1) is 29.0 Å². The fraction of sp³-hybridized carbons (Fsp3) is 0.304. The molecule has 3 heterocycles. The molecule has 1 amide bonds. The van der Waals surface area contributed by atoms with Crippen LogP contribution in [-0.2, 0) is 24.4 Å². The van der Waals surface area contributed by atoms with Crippen LogP contribution in [0.25, 0.3) is 22.3 Å². The van der Waals surface area contributed by atoms with E-state index in [1.165, 1.54) is 10.7 Å². The number of likely N-dealkylation sites (N-methyl/N-ethyl adjacent to an activating group) is 1. The Bertz CT molecular complexity index is 1250. The number of carbonyl (C=O) groups is 1. The first kappa shape index (κ1) is 21.6. The van der Waals surface area contributed by atoms with Crippen LogP contribution in [0, 0.1) is 6.92 Å². The Morgan fingerprint density at radius 3 is 2.59 bits per heavy atom. The number of aryl methyl sites for hydroxylation is 2. The molecule has 0 saturated heterocycles. The summed E-state index contributed by atoms with van der Waals surface area (Å²) in [6, 6.07) is 12.4. The van der Waals surface area contributed by atoms with Gasteiger partial charge in [0.25, 0.3) is 6.43 Å². The maximum Gasteiger partial charge on any atom is 0.264 e. The lowest BCUT2D eigenvalue weighted by atomic mass is 10.1. The van der Waals surface area contributed by atoms with Crippen molar-refractivity contribution in [2.75, 3.05) is 7.05 Å². The topological polar surface area (TPSA) is 68.8 Å². The van der Waals surface area contributed by atoms with E-state index in [0.29, 0.717) is 29.9 Å². The van der Waals surface area contributed by atoms with Gasteiger partial charge >= 0.3 is 0 Å². The third kappa shape index (κ3) is 4.10. The van der Waals surface area contributed by atoms with E-state index in [9.17, 15) is 13.6 Å². The zero-order valence-electron chi connectivity index (χ0n) is 18.2. The molecule has 0 fully saturated rings. The van der Waals surface area contributed by atoms with E-state index in [4.69, 9.17) is 0 Å². The van der Waals surface area contributed by atoms with Gasteiger partial charge in [-0.25, -0.2) is 18.4 Å². The second kappa shape index (κ2) is 8.86. The monoisotopic (exact) mass is 438 g/mol. The first-order chi connectivity index (χ1) is 15.4. The number of fused-ring (bicyclic) bond motifs is 1. The number of pyridine rings is 1. The van der Waals surface area contributed by atoms with Gasteiger partial charge in [0, 0.05) is 30.9 Å². The standard InChI is InChI=1S/C23H24F2N6O/c1-4-30-17(10-11-26-30)13-29(3)20(32)14-31-23-21(15(2)28-31)18(22(24)25)12-19(27-23)16-8-6-5-7-9-16/h5-12,22H,4,13-14H2,1-3H3. The summed E-state index contributed by atoms with van der Waals surface area (Å²) in [5.41, 5.74) is 2.61. The van der Waals surface area contributed by atoms with Crippen LogP contribution >= 0.6 is 0 Å². The van der Waals surface area contributed by atoms with Crippen molar-refractivity contribution in [2.24, 2.45) is 0 Å². The Balaban J connectivity index is 1.69. The summed E-state index contributed by atoms with van der Waals surface area (Å²) >= 11 is 0. The maximum absolute atomic E-state index is 13.9. The zero-order valence-corrected chi connectivity index (χ0v) is 18.2. The van der Waals surface area contributed by atoms with Crippen molar-refractivity contribution in [3.63, 3.8) is 0 Å². The maximum atomic E-state index is 13.9. The number of alkyl halides is 2. The first-order valence-corrected chi connectivity index (χ1v) is 10.3. The molecule has 0 bridgehead atoms. The van der Waals surface area contributed by atoms with E-state index in [2.05, 4.69) is 15.2 Å². The molecule has 0 atom stereocenters. The van der Waals surface area contributed by atoms with Gasteiger partial charge in [0.2, 0.25) is 5.91 Å². The van der Waals surface area contributed by atoms with Gasteiger partial charge in [-0.15, -0.1) is 0 Å². The molecule has 0 aliphatic heterocycles. The minimum absolute atomic E-state index is 0.102. The molecule has 7 nitrogen and oxygen atoms in total. The van der Waals surface area contributed by atoms with E-state index < -0.39 is 6.43 Å². The predicted octanol–water partition coefficient (Wildman–Crippen LogP) is 4.22. The van der Waals surface area contributed by atoms with Crippen molar-refractivity contribution in [3.05, 3.63) is 65.6 Å². The van der Waals surface area contributed by atoms with Gasteiger partial charge in [-0.3, -0.25) is 9.48 Å². The number of hydrogen-bond donors (Lipinski definition) is 0. The fourth-order valence-corrected chi connectivity index (χ4v) is 3.78. The molecule has 0 N–H and O–H groups in total. The average molecular weight is 438 g/mol. The van der Waals surface area contributed by atoms with E-state index in [1.807, 2.05) is 48.0 Å². The lowest BCUT2D eigenvalue weighted by molar-refractivity contribution is -0.131. The molecular formula is C23H24F2N6O. The number of aromatic nitrogens is 5. The number of carbonyl (C=O) groups excluding carboxylic acids is 1. The highest BCUT2D eigenvalue weighted by Crippen LogP contribution is 2.33. The van der Waals surface area contributed by atoms with E-state index in [0.717, 1.165) is 11.3 Å². The van der Waals surface area contributed by atoms with Crippen molar-refractivity contribution in [1.82, 2.24) is 29.4 Å². The predicted molar refractivity (Wildman–Crippen MR) is 117 cm³/mol. The SMILES string of the molecule is CCn1nccc1CN(C)C(=O)Cn1nc(C)c2c(C(F)F)cc(-c3ccccc3)nc21. The summed E-state index contributed by atoms with van der Waals surface area (Å²) in [5.74, 6) is -0.205. The fourth-order valence-electron chi connectivity index (χ4n) is 3.78. The Kier molecular flexibility index (Phi) is 5.98. The minimum atomic E-state index is -2.69. The number of hydrogen-bond acceptors (Lipinski definition) is 4. The Labute approximate surface area is 184 Å². The third-order valence-electron chi connectivity index (χ3n) is 5.43. The Morgan fingerprint density at radius 1 is 1.16 bits per heavy atom. The highest BCUT2D eigenvalue weighted by molar-refractivity contribution is 5.87. The average Bonchev–Trinajstić information content (AvgIpc) is 3.37. The number of amides is 1. The van der Waals surface area contributed by atoms with Gasteiger partial charge in [-0.1, -0.05) is 30.3 Å². The van der Waals surface area contributed by atoms with E-state index in [1.54, 1.807) is 25.1 Å². The van der Waals surface area contributed by atoms with Crippen molar-refractivity contribution < 1.29 is 13.6 Å². The molecule has 0 radical (unpaired) electrons. The molecule has 166 valence electrons. The Morgan fingerprint density at radius 2 is 1.91 bits per heavy atom. The number of halogens is 2. The molecule has 4 aromatic rings. The van der Waals surface area contributed by atoms with Gasteiger partial charge in [0.1, 0.15) is 6.54 Å². The molecule has 32 heavy (non-hydrogen) atoms. The lowest BCUT2D eigenvalue weighted by Gasteiger charge is -2.18. The summed E-state index contributed by atoms with van der Waals surface area (Å²) in [5, 5.41) is 8.89. The number of benzene rings is 1. The minimum Gasteiger partial charge on any atom is -0.338 e. The normalized spacial score (nSPS) is 11.4. The molecule has 0 spiro atoms. The summed E-state index contributed by atoms with van der Waals surface area (Å²) in [4.78, 5) is 19.1. The van der Waals surface area contributed by atoms with Crippen LogP contribution in [0.5, 0.6) is 0 Å². The molecular weight excluding hydrogens is 414 g/mol. The molecule has 0 aliphatic carbocycles. The quantitative estimate of drug-likeness (QED) is 0.433. The van der Waals surface area contributed by atoms with Crippen LogP contribution in [0.15, 0.2) is 48.7 Å². The van der Waals surface area contributed by atoms with Crippen molar-refractivity contribution in [2.45, 2.75) is 39.9 Å². The van der Waals surface area contributed by atoms with Crippen molar-refractivity contribution in [1.29, 1.82) is 0 Å². The number of nitrogens with zero attached hydrogens (tertiary/aromatic N) is 6. The molecule has 0 unspecified atom stereocenters. The van der Waals surface area contributed by atoms with Gasteiger partial charge < -0.3 is 4.90 Å². The Hall–Kier alpha value is -3.62. The molecule has 9 heteroatoms. The molecule has 3 aromatic heterocycles. The molecule has 1 aromatic carbocycles. The van der Waals surface area contributed by atoms with Crippen LogP contribution in [0.3, 0.4) is 0 Å². The third-order valence-corrected chi connectivity index (χ3v) is 5.43. The first-order valence-electron chi connectivity index (χ1n) is 10.3. The largest absolute Gasteiger partial charge is 0.338 e. The second-order valence-corrected chi connectivity index (χ2v) is 7.59. The van der Waals surface area contributed by atoms with Crippen LogP contribution in [-0.4, -0.2) is 42.4 Å². The van der Waals surface area contributed by atoms with E-state index in [-0.39, 0.29) is 23.7 Å². The highest BCUT2D eigenvalue weighted by Gasteiger charge is 2.23. The van der Waals surface area contributed by atoms with Gasteiger partial charge in [-0.2, -0.15) is 10.2 Å². The van der Waals surface area contributed by atoms with Crippen molar-refractivity contribution >= 4 is 16.9 Å². The second-order valence-electron chi connectivity index (χ2n) is 7.59. The summed E-state index contributed by atoms with van der Waals surface area (Å²) < 4.78 is 31.1. The summed E-state index contributed by atoms with van der Waals surface area (Å²) in [6.07, 6.45) is -0.991. The van der Waals surface area contributed by atoms with Crippen LogP contribution in [0.1, 0.15) is 30.3 Å². The summed E-state index contributed by atoms with van der Waals surface area (Å²) in [6.45, 7) is 4.62. The van der Waals surface area contributed by atoms with E-state index >= 15 is 0 Å². The number of rotatable bonds is 7. The molecule has 0 saturated carbocycles. The smallest absolute Gasteiger partial charge is 0.264 e. The summed E-state index contributed by atoms with van der Waals surface area (Å²) in [7, 11) is 1.70.